The van der Waals surface area contributed by atoms with E-state index in [1.165, 1.54) is 30.1 Å². The highest BCUT2D eigenvalue weighted by Gasteiger charge is 2.29. The summed E-state index contributed by atoms with van der Waals surface area (Å²) in [5.74, 6) is -5.59. The lowest BCUT2D eigenvalue weighted by Gasteiger charge is -2.21. The number of hydrogen-bond donors (Lipinski definition) is 2. The number of halogens is 3. The van der Waals surface area contributed by atoms with Gasteiger partial charge in [-0.2, -0.15) is 5.10 Å². The van der Waals surface area contributed by atoms with Crippen molar-refractivity contribution in [3.8, 4) is 11.1 Å². The Kier molecular flexibility index (Phi) is 8.02. The number of ether oxygens (including phenoxy) is 2. The number of nitrogens with one attached hydrogen (secondary N) is 1. The van der Waals surface area contributed by atoms with Crippen LogP contribution in [0.3, 0.4) is 0 Å². The number of rotatable bonds is 9. The smallest absolute Gasteiger partial charge is 0.356 e. The number of primary amides is 1. The van der Waals surface area contributed by atoms with Gasteiger partial charge in [0.05, 0.1) is 37.3 Å². The highest BCUT2D eigenvalue weighted by molar-refractivity contribution is 5.94. The molecule has 0 spiro atoms. The van der Waals surface area contributed by atoms with Crippen molar-refractivity contribution in [1.82, 2.24) is 20.1 Å². The number of carbonyl (C=O) groups is 3. The van der Waals surface area contributed by atoms with Gasteiger partial charge in [-0.05, 0) is 41.5 Å². The molecule has 0 aliphatic carbocycles. The number of carbonyl (C=O) groups excluding carboxylic acids is 3. The summed E-state index contributed by atoms with van der Waals surface area (Å²) in [5.41, 5.74) is 7.37. The summed E-state index contributed by atoms with van der Waals surface area (Å²) in [7, 11) is 1.21. The monoisotopic (exact) mass is 579 g/mol. The molecule has 42 heavy (non-hydrogen) atoms. The molecule has 13 heteroatoms. The molecule has 0 saturated carbocycles. The van der Waals surface area contributed by atoms with E-state index in [0.29, 0.717) is 28.5 Å². The minimum Gasteiger partial charge on any atom is -0.464 e. The van der Waals surface area contributed by atoms with Gasteiger partial charge in [-0.3, -0.25) is 14.6 Å². The van der Waals surface area contributed by atoms with Gasteiger partial charge in [0.1, 0.15) is 24.0 Å². The molecule has 0 bridgehead atoms. The Balaban J connectivity index is 1.49. The Morgan fingerprint density at radius 2 is 1.86 bits per heavy atom. The minimum atomic E-state index is -0.974. The summed E-state index contributed by atoms with van der Waals surface area (Å²) >= 11 is 0. The fourth-order valence-electron chi connectivity index (χ4n) is 4.88. The van der Waals surface area contributed by atoms with Gasteiger partial charge in [0, 0.05) is 35.9 Å². The summed E-state index contributed by atoms with van der Waals surface area (Å²) < 4.78 is 54.2. The van der Waals surface area contributed by atoms with Crippen molar-refractivity contribution in [2.75, 3.05) is 13.7 Å². The molecule has 0 saturated heterocycles. The number of esters is 1. The van der Waals surface area contributed by atoms with Gasteiger partial charge in [-0.1, -0.05) is 12.1 Å². The number of fused-ring (bicyclic) bond motifs is 1. The average molecular weight is 580 g/mol. The zero-order valence-corrected chi connectivity index (χ0v) is 22.2. The Bertz CT molecular complexity index is 1690. The van der Waals surface area contributed by atoms with Crippen molar-refractivity contribution in [2.24, 2.45) is 5.73 Å². The maximum absolute atomic E-state index is 14.3. The summed E-state index contributed by atoms with van der Waals surface area (Å²) in [6.45, 7) is -0.188. The number of nitrogens with zero attached hydrogens (tertiary/aromatic N) is 3. The zero-order valence-electron chi connectivity index (χ0n) is 22.2. The van der Waals surface area contributed by atoms with Crippen LogP contribution in [0, 0.1) is 17.5 Å². The normalized spacial score (nSPS) is 13.0. The molecule has 5 rings (SSSR count). The second kappa shape index (κ2) is 11.8. The third kappa shape index (κ3) is 5.72. The molecule has 1 unspecified atom stereocenters. The Labute approximate surface area is 237 Å². The van der Waals surface area contributed by atoms with Crippen LogP contribution in [0.4, 0.5) is 13.2 Å². The lowest BCUT2D eigenvalue weighted by Crippen LogP contribution is -2.33. The lowest BCUT2D eigenvalue weighted by atomic mass is 9.89. The quantitative estimate of drug-likeness (QED) is 0.291. The maximum atomic E-state index is 14.3. The van der Waals surface area contributed by atoms with Crippen LogP contribution in [0.2, 0.25) is 0 Å². The largest absolute Gasteiger partial charge is 0.464 e. The molecule has 0 fully saturated rings. The van der Waals surface area contributed by atoms with E-state index in [1.54, 1.807) is 12.1 Å². The summed E-state index contributed by atoms with van der Waals surface area (Å²) in [6.07, 6.45) is 1.46. The molecule has 3 N–H and O–H groups in total. The number of pyridine rings is 1. The highest BCUT2D eigenvalue weighted by Crippen LogP contribution is 2.33. The molecule has 216 valence electrons. The molecule has 2 amide bonds. The van der Waals surface area contributed by atoms with E-state index in [-0.39, 0.29) is 48.8 Å². The Morgan fingerprint density at radius 1 is 1.10 bits per heavy atom. The number of nitrogens with two attached hydrogens (primary N) is 1. The van der Waals surface area contributed by atoms with Gasteiger partial charge >= 0.3 is 5.97 Å². The first-order valence-electron chi connectivity index (χ1n) is 12.7. The van der Waals surface area contributed by atoms with E-state index in [1.807, 2.05) is 0 Å². The fraction of sp³-hybridized carbons (Fsp3) is 0.207. The molecule has 0 radical (unpaired) electrons. The molecule has 2 aromatic heterocycles. The van der Waals surface area contributed by atoms with E-state index in [0.717, 1.165) is 18.2 Å². The standard InChI is InChI=1S/C29H24F3N5O5/c1-41-29(40)27-22-13-42-14-24(22)36-37(27)12-25(38)35-11-21(16-7-17(30)10-18(31)8-16)26-19(3-2-6-34-26)15-4-5-23(32)20(9-15)28(33)39/h2-10,21H,11-14H2,1H3,(H2,33,39)(H,35,38). The van der Waals surface area contributed by atoms with Gasteiger partial charge in [0.15, 0.2) is 5.69 Å². The highest BCUT2D eigenvalue weighted by atomic mass is 19.1. The third-order valence-corrected chi connectivity index (χ3v) is 6.79. The molecule has 1 aliphatic rings. The predicted molar refractivity (Wildman–Crippen MR) is 141 cm³/mol. The molecular formula is C29H24F3N5O5. The molecule has 10 nitrogen and oxygen atoms in total. The number of hydrogen-bond acceptors (Lipinski definition) is 7. The van der Waals surface area contributed by atoms with Gasteiger partial charge in [-0.15, -0.1) is 0 Å². The van der Waals surface area contributed by atoms with Gasteiger partial charge in [0.25, 0.3) is 5.91 Å². The number of benzene rings is 2. The summed E-state index contributed by atoms with van der Waals surface area (Å²) in [5, 5.41) is 7.03. The van der Waals surface area contributed by atoms with Gasteiger partial charge in [-0.25, -0.2) is 22.6 Å². The van der Waals surface area contributed by atoms with E-state index in [2.05, 4.69) is 15.4 Å². The van der Waals surface area contributed by atoms with Crippen LogP contribution < -0.4 is 11.1 Å². The predicted octanol–water partition coefficient (Wildman–Crippen LogP) is 3.23. The van der Waals surface area contributed by atoms with Gasteiger partial charge < -0.3 is 20.5 Å². The fourth-order valence-corrected chi connectivity index (χ4v) is 4.88. The van der Waals surface area contributed by atoms with Crippen molar-refractivity contribution in [2.45, 2.75) is 25.7 Å². The minimum absolute atomic E-state index is 0.0949. The van der Waals surface area contributed by atoms with Gasteiger partial charge in [0.2, 0.25) is 5.91 Å². The average Bonchev–Trinajstić information content (AvgIpc) is 3.53. The second-order valence-electron chi connectivity index (χ2n) is 9.47. The first-order valence-corrected chi connectivity index (χ1v) is 12.7. The number of amides is 2. The molecule has 2 aromatic carbocycles. The van der Waals surface area contributed by atoms with Crippen molar-refractivity contribution < 1.29 is 37.0 Å². The van der Waals surface area contributed by atoms with Crippen LogP contribution >= 0.6 is 0 Å². The molecular weight excluding hydrogens is 555 g/mol. The van der Waals surface area contributed by atoms with E-state index in [9.17, 15) is 27.6 Å². The first-order chi connectivity index (χ1) is 20.2. The zero-order chi connectivity index (χ0) is 30.0. The van der Waals surface area contributed by atoms with E-state index >= 15 is 0 Å². The topological polar surface area (TPSA) is 138 Å². The summed E-state index contributed by atoms with van der Waals surface area (Å²) in [4.78, 5) is 41.7. The maximum Gasteiger partial charge on any atom is 0.356 e. The third-order valence-electron chi connectivity index (χ3n) is 6.79. The first kappa shape index (κ1) is 28.5. The van der Waals surface area contributed by atoms with Crippen LogP contribution in [0.15, 0.2) is 54.7 Å². The molecule has 1 aliphatic heterocycles. The molecule has 3 heterocycles. The molecule has 1 atom stereocenters. The number of aromatic nitrogens is 3. The van der Waals surface area contributed by atoms with Crippen molar-refractivity contribution in [3.05, 3.63) is 106 Å². The molecule has 4 aromatic rings. The van der Waals surface area contributed by atoms with Crippen molar-refractivity contribution in [3.63, 3.8) is 0 Å². The van der Waals surface area contributed by atoms with Crippen LogP contribution in [0.1, 0.15) is 49.3 Å². The van der Waals surface area contributed by atoms with Crippen LogP contribution in [-0.2, 0) is 34.0 Å². The van der Waals surface area contributed by atoms with Crippen molar-refractivity contribution >= 4 is 17.8 Å². The van der Waals surface area contributed by atoms with Crippen molar-refractivity contribution in [1.29, 1.82) is 0 Å². The van der Waals surface area contributed by atoms with Crippen LogP contribution in [-0.4, -0.2) is 46.2 Å². The second-order valence-corrected chi connectivity index (χ2v) is 9.47. The lowest BCUT2D eigenvalue weighted by molar-refractivity contribution is -0.121. The Morgan fingerprint density at radius 3 is 2.57 bits per heavy atom. The number of methoxy groups -OCH3 is 1. The SMILES string of the molecule is COC(=O)c1c2c(nn1CC(=O)NCC(c1cc(F)cc(F)c1)c1ncccc1-c1ccc(F)c(C(N)=O)c1)COC2. The van der Waals surface area contributed by atoms with Crippen LogP contribution in [0.5, 0.6) is 0 Å². The Hall–Kier alpha value is -5.04. The van der Waals surface area contributed by atoms with E-state index < -0.39 is 41.2 Å². The van der Waals surface area contributed by atoms with Crippen LogP contribution in [0.25, 0.3) is 11.1 Å². The van der Waals surface area contributed by atoms with E-state index in [4.69, 9.17) is 15.2 Å². The summed E-state index contributed by atoms with van der Waals surface area (Å²) in [6, 6.07) is 9.94.